The minimum absolute atomic E-state index is 0.0838. The van der Waals surface area contributed by atoms with Crippen molar-refractivity contribution in [2.45, 2.75) is 12.8 Å². The van der Waals surface area contributed by atoms with Crippen molar-refractivity contribution in [1.29, 1.82) is 0 Å². The summed E-state index contributed by atoms with van der Waals surface area (Å²) in [5.41, 5.74) is 0.362. The van der Waals surface area contributed by atoms with Crippen molar-refractivity contribution in [2.24, 2.45) is 5.92 Å². The molecule has 1 saturated carbocycles. The number of hydrogen-bond acceptors (Lipinski definition) is 4. The highest BCUT2D eigenvalue weighted by Crippen LogP contribution is 2.30. The number of amides is 2. The topological polar surface area (TPSA) is 75.4 Å². The van der Waals surface area contributed by atoms with E-state index >= 15 is 0 Å². The number of nitrogens with one attached hydrogen (secondary N) is 1. The molecule has 0 aliphatic heterocycles. The van der Waals surface area contributed by atoms with Gasteiger partial charge in [0, 0.05) is 18.2 Å². The summed E-state index contributed by atoms with van der Waals surface area (Å²) in [5.74, 6) is -0.309. The van der Waals surface area contributed by atoms with E-state index in [0.29, 0.717) is 23.8 Å². The molecule has 1 aliphatic rings. The van der Waals surface area contributed by atoms with Crippen LogP contribution in [0.2, 0.25) is 0 Å². The molecule has 6 nitrogen and oxygen atoms in total. The van der Waals surface area contributed by atoms with Crippen LogP contribution in [0, 0.1) is 11.7 Å². The van der Waals surface area contributed by atoms with Crippen LogP contribution in [0.1, 0.15) is 23.2 Å². The Balaban J connectivity index is 1.67. The number of halogens is 1. The van der Waals surface area contributed by atoms with E-state index in [1.54, 1.807) is 0 Å². The zero-order valence-corrected chi connectivity index (χ0v) is 12.4. The average Bonchev–Trinajstić information content (AvgIpc) is 3.21. The lowest BCUT2D eigenvalue weighted by Crippen LogP contribution is -2.39. The Hall–Kier alpha value is -2.70. The molecule has 1 fully saturated rings. The van der Waals surface area contributed by atoms with Crippen LogP contribution in [0.5, 0.6) is 0 Å². The smallest absolute Gasteiger partial charge is 0.254 e. The van der Waals surface area contributed by atoms with Crippen molar-refractivity contribution in [3.8, 4) is 0 Å². The Kier molecular flexibility index (Phi) is 4.36. The van der Waals surface area contributed by atoms with Gasteiger partial charge in [0.1, 0.15) is 18.6 Å². The summed E-state index contributed by atoms with van der Waals surface area (Å²) in [6, 6.07) is 6.83. The van der Waals surface area contributed by atoms with Crippen LogP contribution in [0.25, 0.3) is 0 Å². The zero-order valence-electron chi connectivity index (χ0n) is 12.4. The first-order chi connectivity index (χ1) is 11.1. The number of anilines is 1. The quantitative estimate of drug-likeness (QED) is 0.887. The molecule has 0 atom stereocenters. The molecule has 7 heteroatoms. The maximum Gasteiger partial charge on any atom is 0.254 e. The van der Waals surface area contributed by atoms with E-state index in [0.717, 1.165) is 12.8 Å². The Morgan fingerprint density at radius 1 is 1.26 bits per heavy atom. The van der Waals surface area contributed by atoms with Crippen molar-refractivity contribution in [3.63, 3.8) is 0 Å². The maximum atomic E-state index is 13.0. The molecule has 2 aromatic rings. The van der Waals surface area contributed by atoms with Gasteiger partial charge in [-0.25, -0.2) is 4.39 Å². The number of rotatable bonds is 6. The summed E-state index contributed by atoms with van der Waals surface area (Å²) >= 11 is 0. The summed E-state index contributed by atoms with van der Waals surface area (Å²) in [7, 11) is 0. The highest BCUT2D eigenvalue weighted by molar-refractivity contribution is 5.99. The normalized spacial score (nSPS) is 13.6. The molecule has 23 heavy (non-hydrogen) atoms. The summed E-state index contributed by atoms with van der Waals surface area (Å²) < 4.78 is 17.6. The van der Waals surface area contributed by atoms with E-state index in [2.05, 4.69) is 15.0 Å². The largest absolute Gasteiger partial charge is 0.363 e. The van der Waals surface area contributed by atoms with Gasteiger partial charge in [0.15, 0.2) is 5.82 Å². The zero-order chi connectivity index (χ0) is 16.2. The van der Waals surface area contributed by atoms with Crippen LogP contribution < -0.4 is 5.32 Å². The first-order valence-electron chi connectivity index (χ1n) is 7.37. The standard InChI is InChI=1S/C16H16FN3O3/c17-13-5-3-12(4-6-13)16(22)20(9-11-1-2-11)10-15(21)18-14-7-8-23-19-14/h3-8,11H,1-2,9-10H2,(H,18,19,21). The Morgan fingerprint density at radius 2 is 2.00 bits per heavy atom. The molecular formula is C16H16FN3O3. The van der Waals surface area contributed by atoms with Crippen LogP contribution in [0.4, 0.5) is 10.2 Å². The van der Waals surface area contributed by atoms with Gasteiger partial charge in [-0.3, -0.25) is 9.59 Å². The number of carbonyl (C=O) groups excluding carboxylic acids is 2. The second-order valence-electron chi connectivity index (χ2n) is 5.57. The molecule has 0 saturated heterocycles. The van der Waals surface area contributed by atoms with Crippen molar-refractivity contribution in [1.82, 2.24) is 10.1 Å². The predicted molar refractivity (Wildman–Crippen MR) is 80.2 cm³/mol. The van der Waals surface area contributed by atoms with Crippen molar-refractivity contribution < 1.29 is 18.5 Å². The second-order valence-corrected chi connectivity index (χ2v) is 5.57. The lowest BCUT2D eigenvalue weighted by molar-refractivity contribution is -0.117. The third-order valence-corrected chi connectivity index (χ3v) is 3.59. The predicted octanol–water partition coefficient (Wildman–Crippen LogP) is 2.30. The molecule has 0 bridgehead atoms. The van der Waals surface area contributed by atoms with Gasteiger partial charge >= 0.3 is 0 Å². The Bertz CT molecular complexity index is 681. The number of hydrogen-bond donors (Lipinski definition) is 1. The van der Waals surface area contributed by atoms with E-state index in [-0.39, 0.29) is 18.4 Å². The fourth-order valence-corrected chi connectivity index (χ4v) is 2.24. The highest BCUT2D eigenvalue weighted by atomic mass is 19.1. The Labute approximate surface area is 132 Å². The van der Waals surface area contributed by atoms with Gasteiger partial charge in [-0.1, -0.05) is 5.16 Å². The van der Waals surface area contributed by atoms with Crippen molar-refractivity contribution in [3.05, 3.63) is 48.0 Å². The Morgan fingerprint density at radius 3 is 2.61 bits per heavy atom. The lowest BCUT2D eigenvalue weighted by Gasteiger charge is -2.22. The molecule has 3 rings (SSSR count). The van der Waals surface area contributed by atoms with Gasteiger partial charge in [0.2, 0.25) is 5.91 Å². The SMILES string of the molecule is O=C(CN(CC1CC1)C(=O)c1ccc(F)cc1)Nc1ccon1. The van der Waals surface area contributed by atoms with E-state index in [4.69, 9.17) is 0 Å². The van der Waals surface area contributed by atoms with Crippen molar-refractivity contribution in [2.75, 3.05) is 18.4 Å². The summed E-state index contributed by atoms with van der Waals surface area (Å²) in [6.07, 6.45) is 3.46. The number of benzene rings is 1. The van der Waals surface area contributed by atoms with Crippen LogP contribution in [-0.4, -0.2) is 35.0 Å². The minimum Gasteiger partial charge on any atom is -0.363 e. The molecule has 2 amide bonds. The molecule has 1 heterocycles. The van der Waals surface area contributed by atoms with Gasteiger partial charge in [-0.05, 0) is 43.0 Å². The van der Waals surface area contributed by atoms with E-state index in [1.165, 1.54) is 41.5 Å². The van der Waals surface area contributed by atoms with Crippen LogP contribution >= 0.6 is 0 Å². The number of carbonyl (C=O) groups is 2. The fraction of sp³-hybridized carbons (Fsp3) is 0.312. The van der Waals surface area contributed by atoms with Crippen LogP contribution in [-0.2, 0) is 4.79 Å². The van der Waals surface area contributed by atoms with E-state index < -0.39 is 5.82 Å². The summed E-state index contributed by atoms with van der Waals surface area (Å²) in [6.45, 7) is 0.433. The maximum absolute atomic E-state index is 13.0. The molecule has 120 valence electrons. The van der Waals surface area contributed by atoms with Gasteiger partial charge in [0.25, 0.3) is 5.91 Å². The lowest BCUT2D eigenvalue weighted by atomic mass is 10.2. The number of nitrogens with zero attached hydrogens (tertiary/aromatic N) is 2. The monoisotopic (exact) mass is 317 g/mol. The van der Waals surface area contributed by atoms with E-state index in [9.17, 15) is 14.0 Å². The molecule has 0 unspecified atom stereocenters. The van der Waals surface area contributed by atoms with Gasteiger partial charge < -0.3 is 14.7 Å². The van der Waals surface area contributed by atoms with Gasteiger partial charge in [-0.2, -0.15) is 0 Å². The fourth-order valence-electron chi connectivity index (χ4n) is 2.24. The van der Waals surface area contributed by atoms with Crippen LogP contribution in [0.3, 0.4) is 0 Å². The van der Waals surface area contributed by atoms with Crippen molar-refractivity contribution >= 4 is 17.6 Å². The van der Waals surface area contributed by atoms with Crippen LogP contribution in [0.15, 0.2) is 41.1 Å². The molecule has 0 radical (unpaired) electrons. The molecule has 0 spiro atoms. The summed E-state index contributed by atoms with van der Waals surface area (Å²) in [5, 5.41) is 6.16. The third-order valence-electron chi connectivity index (χ3n) is 3.59. The van der Waals surface area contributed by atoms with E-state index in [1.807, 2.05) is 0 Å². The molecule has 1 aliphatic carbocycles. The molecule has 1 aromatic heterocycles. The summed E-state index contributed by atoms with van der Waals surface area (Å²) in [4.78, 5) is 26.1. The average molecular weight is 317 g/mol. The van der Waals surface area contributed by atoms with Gasteiger partial charge in [0.05, 0.1) is 0 Å². The first-order valence-corrected chi connectivity index (χ1v) is 7.37. The van der Waals surface area contributed by atoms with Gasteiger partial charge in [-0.15, -0.1) is 0 Å². The highest BCUT2D eigenvalue weighted by Gasteiger charge is 2.28. The number of aromatic nitrogens is 1. The second kappa shape index (κ2) is 6.60. The third kappa shape index (κ3) is 4.15. The minimum atomic E-state index is -0.404. The first kappa shape index (κ1) is 15.2. The molecule has 1 N–H and O–H groups in total. The molecular weight excluding hydrogens is 301 g/mol. The molecule has 1 aromatic carbocycles.